The lowest BCUT2D eigenvalue weighted by Gasteiger charge is -2.20. The Morgan fingerprint density at radius 3 is 2.74 bits per heavy atom. The molecule has 0 saturated carbocycles. The number of carbonyl (C=O) groups is 1. The van der Waals surface area contributed by atoms with Gasteiger partial charge in [0.25, 0.3) is 5.91 Å². The van der Waals surface area contributed by atoms with Gasteiger partial charge in [-0.1, -0.05) is 35.9 Å². The molecule has 3 aromatic rings. The normalized spacial score (nSPS) is 10.4. The van der Waals surface area contributed by atoms with Gasteiger partial charge in [0.05, 0.1) is 24.6 Å². The minimum absolute atomic E-state index is 0.112. The van der Waals surface area contributed by atoms with Crippen molar-refractivity contribution in [2.45, 2.75) is 6.54 Å². The summed E-state index contributed by atoms with van der Waals surface area (Å²) in [5, 5.41) is 4.90. The van der Waals surface area contributed by atoms with Crippen molar-refractivity contribution in [1.82, 2.24) is 14.7 Å². The molecule has 0 N–H and O–H groups in total. The number of halogens is 1. The summed E-state index contributed by atoms with van der Waals surface area (Å²) in [5.41, 5.74) is 2.31. The van der Waals surface area contributed by atoms with Gasteiger partial charge in [-0.25, -0.2) is 4.68 Å². The summed E-state index contributed by atoms with van der Waals surface area (Å²) in [6.45, 7) is 4.67. The van der Waals surface area contributed by atoms with Crippen molar-refractivity contribution in [3.05, 3.63) is 89.7 Å². The van der Waals surface area contributed by atoms with Crippen LogP contribution in [0.4, 0.5) is 0 Å². The Labute approximate surface area is 163 Å². The molecule has 1 amide bonds. The van der Waals surface area contributed by atoms with Crippen molar-refractivity contribution < 1.29 is 9.53 Å². The first-order chi connectivity index (χ1) is 13.1. The van der Waals surface area contributed by atoms with Gasteiger partial charge in [-0.15, -0.1) is 6.58 Å². The molecular weight excluding hydrogens is 362 g/mol. The van der Waals surface area contributed by atoms with Crippen LogP contribution in [0.25, 0.3) is 5.69 Å². The molecule has 5 nitrogen and oxygen atoms in total. The molecule has 0 aliphatic rings. The van der Waals surface area contributed by atoms with Crippen LogP contribution in [-0.4, -0.2) is 34.2 Å². The van der Waals surface area contributed by atoms with Crippen LogP contribution < -0.4 is 4.74 Å². The number of nitrogens with zero attached hydrogens (tertiary/aromatic N) is 3. The van der Waals surface area contributed by atoms with E-state index in [9.17, 15) is 4.79 Å². The number of benzene rings is 2. The van der Waals surface area contributed by atoms with Crippen molar-refractivity contribution >= 4 is 17.5 Å². The molecule has 0 unspecified atom stereocenters. The first-order valence-electron chi connectivity index (χ1n) is 8.44. The molecule has 0 saturated heterocycles. The third-order valence-corrected chi connectivity index (χ3v) is 4.31. The largest absolute Gasteiger partial charge is 0.497 e. The van der Waals surface area contributed by atoms with E-state index in [2.05, 4.69) is 11.7 Å². The lowest BCUT2D eigenvalue weighted by Crippen LogP contribution is -2.30. The summed E-state index contributed by atoms with van der Waals surface area (Å²) in [6, 6.07) is 14.9. The zero-order valence-corrected chi connectivity index (χ0v) is 15.8. The van der Waals surface area contributed by atoms with Gasteiger partial charge in [-0.05, 0) is 35.9 Å². The molecule has 2 aromatic carbocycles. The predicted molar refractivity (Wildman–Crippen MR) is 107 cm³/mol. The van der Waals surface area contributed by atoms with Crippen LogP contribution in [0.2, 0.25) is 5.02 Å². The van der Waals surface area contributed by atoms with Gasteiger partial charge in [-0.2, -0.15) is 5.10 Å². The summed E-state index contributed by atoms with van der Waals surface area (Å²) in [6.07, 6.45) is 4.98. The van der Waals surface area contributed by atoms with E-state index < -0.39 is 0 Å². The molecule has 0 aliphatic heterocycles. The van der Waals surface area contributed by atoms with Gasteiger partial charge < -0.3 is 9.64 Å². The van der Waals surface area contributed by atoms with Gasteiger partial charge in [0.15, 0.2) is 0 Å². The highest BCUT2D eigenvalue weighted by molar-refractivity contribution is 6.30. The topological polar surface area (TPSA) is 47.4 Å². The van der Waals surface area contributed by atoms with Crippen LogP contribution in [0.3, 0.4) is 0 Å². The predicted octanol–water partition coefficient (Wildman–Crippen LogP) is 4.36. The van der Waals surface area contributed by atoms with Crippen LogP contribution >= 0.6 is 11.6 Å². The van der Waals surface area contributed by atoms with Gasteiger partial charge >= 0.3 is 0 Å². The fraction of sp³-hybridized carbons (Fsp3) is 0.143. The van der Waals surface area contributed by atoms with Gasteiger partial charge in [0.1, 0.15) is 5.75 Å². The van der Waals surface area contributed by atoms with E-state index in [0.717, 1.165) is 17.0 Å². The Hall–Kier alpha value is -3.05. The molecule has 27 heavy (non-hydrogen) atoms. The van der Waals surface area contributed by atoms with Gasteiger partial charge in [0, 0.05) is 24.3 Å². The lowest BCUT2D eigenvalue weighted by atomic mass is 10.2. The van der Waals surface area contributed by atoms with E-state index >= 15 is 0 Å². The first-order valence-corrected chi connectivity index (χ1v) is 8.82. The number of methoxy groups -OCH3 is 1. The van der Waals surface area contributed by atoms with Gasteiger partial charge in [-0.3, -0.25) is 4.79 Å². The van der Waals surface area contributed by atoms with Crippen molar-refractivity contribution in [2.75, 3.05) is 13.7 Å². The second-order valence-corrected chi connectivity index (χ2v) is 6.41. The van der Waals surface area contributed by atoms with E-state index in [4.69, 9.17) is 16.3 Å². The molecule has 3 rings (SSSR count). The summed E-state index contributed by atoms with van der Waals surface area (Å²) >= 11 is 6.03. The molecular formula is C21H20ClN3O2. The highest BCUT2D eigenvalue weighted by Gasteiger charge is 2.17. The van der Waals surface area contributed by atoms with E-state index in [-0.39, 0.29) is 5.91 Å². The zero-order chi connectivity index (χ0) is 19.2. The Balaban J connectivity index is 1.79. The van der Waals surface area contributed by atoms with Crippen LogP contribution in [0, 0.1) is 0 Å². The Morgan fingerprint density at radius 2 is 2.07 bits per heavy atom. The Kier molecular flexibility index (Phi) is 5.94. The Bertz CT molecular complexity index is 935. The minimum atomic E-state index is -0.112. The summed E-state index contributed by atoms with van der Waals surface area (Å²) < 4.78 is 6.81. The summed E-state index contributed by atoms with van der Waals surface area (Å²) in [7, 11) is 1.63. The van der Waals surface area contributed by atoms with E-state index in [1.54, 1.807) is 47.3 Å². The van der Waals surface area contributed by atoms with Crippen LogP contribution in [-0.2, 0) is 6.54 Å². The maximum Gasteiger partial charge on any atom is 0.257 e. The number of hydrogen-bond acceptors (Lipinski definition) is 3. The average molecular weight is 382 g/mol. The minimum Gasteiger partial charge on any atom is -0.497 e. The van der Waals surface area contributed by atoms with E-state index in [0.29, 0.717) is 23.7 Å². The first kappa shape index (κ1) is 18.7. The summed E-state index contributed by atoms with van der Waals surface area (Å²) in [5.74, 6) is 0.669. The molecule has 0 spiro atoms. The molecule has 0 bridgehead atoms. The molecule has 1 aromatic heterocycles. The van der Waals surface area contributed by atoms with Gasteiger partial charge in [0.2, 0.25) is 0 Å². The molecule has 0 radical (unpaired) electrons. The number of aromatic nitrogens is 2. The third-order valence-electron chi connectivity index (χ3n) is 4.07. The fourth-order valence-electron chi connectivity index (χ4n) is 2.70. The molecule has 0 atom stereocenters. The average Bonchev–Trinajstić information content (AvgIpc) is 3.18. The monoisotopic (exact) mass is 381 g/mol. The van der Waals surface area contributed by atoms with Crippen LogP contribution in [0.5, 0.6) is 5.75 Å². The maximum atomic E-state index is 12.9. The number of carbonyl (C=O) groups excluding carboxylic acids is 1. The summed E-state index contributed by atoms with van der Waals surface area (Å²) in [4.78, 5) is 14.7. The van der Waals surface area contributed by atoms with Crippen molar-refractivity contribution in [1.29, 1.82) is 0 Å². The SMILES string of the molecule is C=CCN(Cc1ccc(OC)cc1)C(=O)c1cnn(-c2cccc(Cl)c2)c1. The van der Waals surface area contributed by atoms with Crippen LogP contribution in [0.15, 0.2) is 73.6 Å². The second-order valence-electron chi connectivity index (χ2n) is 5.98. The molecule has 1 heterocycles. The molecule has 0 fully saturated rings. The van der Waals surface area contributed by atoms with Crippen molar-refractivity contribution in [3.8, 4) is 11.4 Å². The second kappa shape index (κ2) is 8.56. The number of rotatable bonds is 7. The fourth-order valence-corrected chi connectivity index (χ4v) is 2.89. The quantitative estimate of drug-likeness (QED) is 0.571. The zero-order valence-electron chi connectivity index (χ0n) is 15.0. The highest BCUT2D eigenvalue weighted by atomic mass is 35.5. The lowest BCUT2D eigenvalue weighted by molar-refractivity contribution is 0.0762. The van der Waals surface area contributed by atoms with E-state index in [1.807, 2.05) is 36.4 Å². The van der Waals surface area contributed by atoms with Crippen LogP contribution in [0.1, 0.15) is 15.9 Å². The van der Waals surface area contributed by atoms with Crippen molar-refractivity contribution in [2.24, 2.45) is 0 Å². The number of hydrogen-bond donors (Lipinski definition) is 0. The standard InChI is InChI=1S/C21H20ClN3O2/c1-3-11-24(14-16-7-9-20(27-2)10-8-16)21(26)17-13-23-25(15-17)19-6-4-5-18(22)12-19/h3-10,12-13,15H,1,11,14H2,2H3. The van der Waals surface area contributed by atoms with Crippen molar-refractivity contribution in [3.63, 3.8) is 0 Å². The Morgan fingerprint density at radius 1 is 1.30 bits per heavy atom. The number of amides is 1. The number of ether oxygens (including phenoxy) is 1. The smallest absolute Gasteiger partial charge is 0.257 e. The molecule has 0 aliphatic carbocycles. The third kappa shape index (κ3) is 4.57. The molecule has 138 valence electrons. The van der Waals surface area contributed by atoms with E-state index in [1.165, 1.54) is 0 Å². The maximum absolute atomic E-state index is 12.9. The molecule has 6 heteroatoms. The highest BCUT2D eigenvalue weighted by Crippen LogP contribution is 2.17.